The van der Waals surface area contributed by atoms with E-state index in [4.69, 9.17) is 9.84 Å². The lowest BCUT2D eigenvalue weighted by atomic mass is 10.1. The van der Waals surface area contributed by atoms with E-state index in [0.29, 0.717) is 13.2 Å². The maximum atomic E-state index is 12.3. The Balaban J connectivity index is 1.80. The molecule has 2 unspecified atom stereocenters. The summed E-state index contributed by atoms with van der Waals surface area (Å²) in [6.45, 7) is 1.02. The van der Waals surface area contributed by atoms with Crippen molar-refractivity contribution in [3.63, 3.8) is 0 Å². The maximum Gasteiger partial charge on any atom is 0.374 e. The van der Waals surface area contributed by atoms with E-state index in [-0.39, 0.29) is 29.5 Å². The lowest BCUT2D eigenvalue weighted by molar-refractivity contribution is -0.0448. The zero-order valence-corrected chi connectivity index (χ0v) is 10.2. The van der Waals surface area contributed by atoms with Crippen LogP contribution < -0.4 is 0 Å². The third kappa shape index (κ3) is 2.10. The Hall–Kier alpha value is -1.89. The molecule has 1 saturated heterocycles. The molecule has 0 radical (unpaired) electrons. The monoisotopic (exact) mass is 266 g/mol. The highest BCUT2D eigenvalue weighted by atomic mass is 16.5. The standard InChI is InChI=1S/C12H14N2O5/c15-11(7-6-10(12(16)17)19-13-7)14-4-5-18-9-3-1-2-8(9)14/h6,8-9H,1-5H2,(H,16,17). The van der Waals surface area contributed by atoms with Crippen LogP contribution in [0.25, 0.3) is 0 Å². The number of carbonyl (C=O) groups excluding carboxylic acids is 1. The van der Waals surface area contributed by atoms with Crippen molar-refractivity contribution in [1.29, 1.82) is 0 Å². The van der Waals surface area contributed by atoms with Crippen molar-refractivity contribution in [2.45, 2.75) is 31.4 Å². The Morgan fingerprint density at radius 3 is 3.00 bits per heavy atom. The minimum Gasteiger partial charge on any atom is -0.475 e. The van der Waals surface area contributed by atoms with E-state index in [9.17, 15) is 9.59 Å². The van der Waals surface area contributed by atoms with E-state index in [1.54, 1.807) is 4.90 Å². The van der Waals surface area contributed by atoms with E-state index in [1.807, 2.05) is 0 Å². The summed E-state index contributed by atoms with van der Waals surface area (Å²) in [7, 11) is 0. The van der Waals surface area contributed by atoms with E-state index in [2.05, 4.69) is 9.68 Å². The number of ether oxygens (including phenoxy) is 1. The number of hydrogen-bond acceptors (Lipinski definition) is 5. The molecule has 1 saturated carbocycles. The molecule has 1 amide bonds. The second kappa shape index (κ2) is 4.65. The fraction of sp³-hybridized carbons (Fsp3) is 0.583. The molecule has 1 aromatic heterocycles. The van der Waals surface area contributed by atoms with Gasteiger partial charge in [-0.05, 0) is 19.3 Å². The van der Waals surface area contributed by atoms with Crippen LogP contribution in [0.2, 0.25) is 0 Å². The van der Waals surface area contributed by atoms with Crippen LogP contribution in [-0.4, -0.2) is 52.3 Å². The molecule has 1 aliphatic carbocycles. The molecule has 3 rings (SSSR count). The predicted molar refractivity (Wildman–Crippen MR) is 61.9 cm³/mol. The van der Waals surface area contributed by atoms with E-state index >= 15 is 0 Å². The van der Waals surface area contributed by atoms with Crippen molar-refractivity contribution in [2.24, 2.45) is 0 Å². The minimum absolute atomic E-state index is 0.0463. The van der Waals surface area contributed by atoms with Gasteiger partial charge in [-0.2, -0.15) is 0 Å². The Morgan fingerprint density at radius 1 is 1.42 bits per heavy atom. The molecule has 19 heavy (non-hydrogen) atoms. The Morgan fingerprint density at radius 2 is 2.26 bits per heavy atom. The number of morpholine rings is 1. The van der Waals surface area contributed by atoms with Gasteiger partial charge in [-0.25, -0.2) is 4.79 Å². The summed E-state index contributed by atoms with van der Waals surface area (Å²) >= 11 is 0. The molecule has 2 heterocycles. The van der Waals surface area contributed by atoms with E-state index < -0.39 is 5.97 Å². The molecule has 0 spiro atoms. The molecule has 0 aromatic carbocycles. The first kappa shape index (κ1) is 12.2. The third-order valence-corrected chi connectivity index (χ3v) is 3.68. The zero-order chi connectivity index (χ0) is 13.4. The van der Waals surface area contributed by atoms with Crippen LogP contribution in [0.3, 0.4) is 0 Å². The third-order valence-electron chi connectivity index (χ3n) is 3.68. The molecule has 102 valence electrons. The first-order valence-corrected chi connectivity index (χ1v) is 6.29. The number of carboxylic acid groups (broad SMARTS) is 1. The number of amides is 1. The lowest BCUT2D eigenvalue weighted by Gasteiger charge is -2.37. The largest absolute Gasteiger partial charge is 0.475 e. The van der Waals surface area contributed by atoms with Crippen LogP contribution in [0.15, 0.2) is 10.6 Å². The van der Waals surface area contributed by atoms with Crippen molar-refractivity contribution < 1.29 is 24.0 Å². The Bertz CT molecular complexity index is 512. The van der Waals surface area contributed by atoms with Crippen LogP contribution >= 0.6 is 0 Å². The summed E-state index contributed by atoms with van der Waals surface area (Å²) in [6.07, 6.45) is 3.02. The number of carbonyl (C=O) groups is 2. The van der Waals surface area contributed by atoms with Gasteiger partial charge in [0.05, 0.1) is 18.8 Å². The average molecular weight is 266 g/mol. The number of carboxylic acids is 1. The van der Waals surface area contributed by atoms with Crippen molar-refractivity contribution in [3.8, 4) is 0 Å². The Labute approximate surface area is 109 Å². The summed E-state index contributed by atoms with van der Waals surface area (Å²) in [6, 6.07) is 1.25. The molecule has 0 bridgehead atoms. The van der Waals surface area contributed by atoms with Gasteiger partial charge in [0.1, 0.15) is 0 Å². The van der Waals surface area contributed by atoms with Gasteiger partial charge in [0.25, 0.3) is 5.91 Å². The molecule has 2 aliphatic rings. The number of fused-ring (bicyclic) bond motifs is 1. The highest BCUT2D eigenvalue weighted by molar-refractivity contribution is 5.95. The molecule has 7 heteroatoms. The number of aromatic carboxylic acids is 1. The SMILES string of the molecule is O=C(O)c1cc(C(=O)N2CCOC3CCCC32)no1. The summed E-state index contributed by atoms with van der Waals surface area (Å²) < 4.78 is 10.3. The van der Waals surface area contributed by atoms with Crippen molar-refractivity contribution in [1.82, 2.24) is 10.1 Å². The van der Waals surface area contributed by atoms with Crippen molar-refractivity contribution in [3.05, 3.63) is 17.5 Å². The van der Waals surface area contributed by atoms with Crippen LogP contribution in [-0.2, 0) is 4.74 Å². The molecule has 2 fully saturated rings. The summed E-state index contributed by atoms with van der Waals surface area (Å²) in [4.78, 5) is 24.8. The molecule has 2 atom stereocenters. The fourth-order valence-corrected chi connectivity index (χ4v) is 2.80. The second-order valence-electron chi connectivity index (χ2n) is 4.79. The van der Waals surface area contributed by atoms with Crippen LogP contribution in [0.1, 0.15) is 40.3 Å². The van der Waals surface area contributed by atoms with Crippen LogP contribution in [0, 0.1) is 0 Å². The highest BCUT2D eigenvalue weighted by Crippen LogP contribution is 2.30. The molecule has 1 N–H and O–H groups in total. The summed E-state index contributed by atoms with van der Waals surface area (Å²) in [5, 5.41) is 12.3. The second-order valence-corrected chi connectivity index (χ2v) is 4.79. The first-order valence-electron chi connectivity index (χ1n) is 6.29. The van der Waals surface area contributed by atoms with Crippen molar-refractivity contribution in [2.75, 3.05) is 13.2 Å². The molecular formula is C12H14N2O5. The van der Waals surface area contributed by atoms with Gasteiger partial charge in [-0.1, -0.05) is 5.16 Å². The summed E-state index contributed by atoms with van der Waals surface area (Å²) in [5.74, 6) is -1.83. The number of rotatable bonds is 2. The molecule has 1 aliphatic heterocycles. The average Bonchev–Trinajstić information content (AvgIpc) is 3.06. The predicted octanol–water partition coefficient (Wildman–Crippen LogP) is 0.766. The smallest absolute Gasteiger partial charge is 0.374 e. The number of aromatic nitrogens is 1. The van der Waals surface area contributed by atoms with Gasteiger partial charge < -0.3 is 19.3 Å². The van der Waals surface area contributed by atoms with Gasteiger partial charge in [-0.3, -0.25) is 4.79 Å². The van der Waals surface area contributed by atoms with Gasteiger partial charge >= 0.3 is 5.97 Å². The first-order chi connectivity index (χ1) is 9.16. The number of hydrogen-bond donors (Lipinski definition) is 1. The summed E-state index contributed by atoms with van der Waals surface area (Å²) in [5.41, 5.74) is 0.0463. The normalized spacial score (nSPS) is 26.2. The molecule has 1 aromatic rings. The van der Waals surface area contributed by atoms with Gasteiger partial charge in [0.2, 0.25) is 5.76 Å². The van der Waals surface area contributed by atoms with Crippen molar-refractivity contribution >= 4 is 11.9 Å². The molecule has 7 nitrogen and oxygen atoms in total. The van der Waals surface area contributed by atoms with Crippen LogP contribution in [0.5, 0.6) is 0 Å². The van der Waals surface area contributed by atoms with E-state index in [0.717, 1.165) is 19.3 Å². The topological polar surface area (TPSA) is 92.9 Å². The number of nitrogens with zero attached hydrogens (tertiary/aromatic N) is 2. The maximum absolute atomic E-state index is 12.3. The minimum atomic E-state index is -1.23. The van der Waals surface area contributed by atoms with Crippen LogP contribution in [0.4, 0.5) is 0 Å². The molecular weight excluding hydrogens is 252 g/mol. The lowest BCUT2D eigenvalue weighted by Crippen LogP contribution is -2.51. The quantitative estimate of drug-likeness (QED) is 0.849. The van der Waals surface area contributed by atoms with Gasteiger partial charge in [0, 0.05) is 12.6 Å². The fourth-order valence-electron chi connectivity index (χ4n) is 2.80. The Kier molecular flexibility index (Phi) is 2.98. The zero-order valence-electron chi connectivity index (χ0n) is 10.2. The van der Waals surface area contributed by atoms with Gasteiger partial charge in [0.15, 0.2) is 5.69 Å². The highest BCUT2D eigenvalue weighted by Gasteiger charge is 2.39. The van der Waals surface area contributed by atoms with Gasteiger partial charge in [-0.15, -0.1) is 0 Å². The van der Waals surface area contributed by atoms with E-state index in [1.165, 1.54) is 6.07 Å².